The molecule has 1 heterocycles. The molecule has 0 atom stereocenters. The van der Waals surface area contributed by atoms with Crippen LogP contribution in [0, 0.1) is 5.41 Å². The normalized spacial score (nSPS) is 16.9. The fourth-order valence-electron chi connectivity index (χ4n) is 2.47. The van der Waals surface area contributed by atoms with E-state index in [1.165, 1.54) is 0 Å². The molecule has 1 fully saturated rings. The molecule has 2 rings (SSSR count). The molecule has 0 saturated carbocycles. The number of rotatable bonds is 3. The summed E-state index contributed by atoms with van der Waals surface area (Å²) in [7, 11) is 0. The molecule has 0 bridgehead atoms. The van der Waals surface area contributed by atoms with E-state index in [1.807, 2.05) is 12.1 Å². The van der Waals surface area contributed by atoms with Gasteiger partial charge in [0.05, 0.1) is 0 Å². The molecule has 1 saturated heterocycles. The SMILES string of the molecule is CC(C)N1CCN(c2cc(Br)ccc2C(=N)N)CC1. The molecule has 104 valence electrons. The van der Waals surface area contributed by atoms with Crippen molar-refractivity contribution in [3.8, 4) is 0 Å². The Balaban J connectivity index is 2.19. The summed E-state index contributed by atoms with van der Waals surface area (Å²) >= 11 is 3.50. The van der Waals surface area contributed by atoms with Crippen molar-refractivity contribution in [1.82, 2.24) is 4.90 Å². The maximum absolute atomic E-state index is 7.70. The predicted octanol–water partition coefficient (Wildman–Crippen LogP) is 2.26. The molecule has 1 aliphatic heterocycles. The average molecular weight is 325 g/mol. The Morgan fingerprint density at radius 3 is 2.42 bits per heavy atom. The van der Waals surface area contributed by atoms with Crippen molar-refractivity contribution in [3.05, 3.63) is 28.2 Å². The van der Waals surface area contributed by atoms with Gasteiger partial charge >= 0.3 is 0 Å². The van der Waals surface area contributed by atoms with Crippen LogP contribution in [0.2, 0.25) is 0 Å². The van der Waals surface area contributed by atoms with Crippen LogP contribution in [0.3, 0.4) is 0 Å². The molecular weight excluding hydrogens is 304 g/mol. The second kappa shape index (κ2) is 5.92. The number of amidine groups is 1. The van der Waals surface area contributed by atoms with Crippen molar-refractivity contribution in [1.29, 1.82) is 5.41 Å². The Labute approximate surface area is 123 Å². The van der Waals surface area contributed by atoms with Gasteiger partial charge in [-0.25, -0.2) is 0 Å². The van der Waals surface area contributed by atoms with Crippen LogP contribution < -0.4 is 10.6 Å². The molecule has 0 amide bonds. The highest BCUT2D eigenvalue weighted by Gasteiger charge is 2.21. The number of nitrogens with two attached hydrogens (primary N) is 1. The first-order valence-electron chi connectivity index (χ1n) is 6.62. The third-order valence-electron chi connectivity index (χ3n) is 3.64. The fourth-order valence-corrected chi connectivity index (χ4v) is 2.82. The van der Waals surface area contributed by atoms with Crippen LogP contribution >= 0.6 is 15.9 Å². The average Bonchev–Trinajstić information content (AvgIpc) is 2.38. The smallest absolute Gasteiger partial charge is 0.124 e. The molecule has 5 heteroatoms. The first-order valence-corrected chi connectivity index (χ1v) is 7.41. The van der Waals surface area contributed by atoms with Gasteiger partial charge in [-0.3, -0.25) is 10.3 Å². The van der Waals surface area contributed by atoms with E-state index in [0.717, 1.165) is 41.9 Å². The van der Waals surface area contributed by atoms with Gasteiger partial charge in [0, 0.05) is 47.9 Å². The molecule has 1 aromatic rings. The summed E-state index contributed by atoms with van der Waals surface area (Å²) < 4.78 is 1.03. The lowest BCUT2D eigenvalue weighted by Crippen LogP contribution is -2.49. The number of halogens is 1. The molecule has 0 aliphatic carbocycles. The molecule has 0 radical (unpaired) electrons. The minimum absolute atomic E-state index is 0.133. The van der Waals surface area contributed by atoms with Crippen molar-refractivity contribution in [3.63, 3.8) is 0 Å². The molecular formula is C14H21BrN4. The van der Waals surface area contributed by atoms with E-state index in [-0.39, 0.29) is 5.84 Å². The van der Waals surface area contributed by atoms with E-state index in [0.29, 0.717) is 6.04 Å². The van der Waals surface area contributed by atoms with Gasteiger partial charge < -0.3 is 10.6 Å². The van der Waals surface area contributed by atoms with Crippen LogP contribution in [0.1, 0.15) is 19.4 Å². The van der Waals surface area contributed by atoms with Gasteiger partial charge in [0.2, 0.25) is 0 Å². The number of nitrogens with one attached hydrogen (secondary N) is 1. The molecule has 0 unspecified atom stereocenters. The van der Waals surface area contributed by atoms with E-state index >= 15 is 0 Å². The van der Waals surface area contributed by atoms with E-state index < -0.39 is 0 Å². The van der Waals surface area contributed by atoms with Gasteiger partial charge in [0.1, 0.15) is 5.84 Å². The van der Waals surface area contributed by atoms with Crippen molar-refractivity contribution in [2.45, 2.75) is 19.9 Å². The predicted molar refractivity (Wildman–Crippen MR) is 84.1 cm³/mol. The molecule has 0 aromatic heterocycles. The van der Waals surface area contributed by atoms with Gasteiger partial charge in [-0.2, -0.15) is 0 Å². The van der Waals surface area contributed by atoms with E-state index in [1.54, 1.807) is 0 Å². The monoisotopic (exact) mass is 324 g/mol. The van der Waals surface area contributed by atoms with Crippen LogP contribution in [0.4, 0.5) is 5.69 Å². The van der Waals surface area contributed by atoms with Crippen LogP contribution in [0.25, 0.3) is 0 Å². The third kappa shape index (κ3) is 3.28. The highest BCUT2D eigenvalue weighted by molar-refractivity contribution is 9.10. The quantitative estimate of drug-likeness (QED) is 0.662. The number of piperazine rings is 1. The second-order valence-electron chi connectivity index (χ2n) is 5.19. The Morgan fingerprint density at radius 2 is 1.89 bits per heavy atom. The highest BCUT2D eigenvalue weighted by Crippen LogP contribution is 2.26. The maximum atomic E-state index is 7.70. The van der Waals surface area contributed by atoms with Crippen molar-refractivity contribution in [2.24, 2.45) is 5.73 Å². The number of hydrogen-bond donors (Lipinski definition) is 2. The van der Waals surface area contributed by atoms with Gasteiger partial charge in [-0.15, -0.1) is 0 Å². The molecule has 19 heavy (non-hydrogen) atoms. The van der Waals surface area contributed by atoms with Crippen LogP contribution in [0.5, 0.6) is 0 Å². The number of nitrogen functional groups attached to an aromatic ring is 1. The summed E-state index contributed by atoms with van der Waals surface area (Å²) in [6.07, 6.45) is 0. The summed E-state index contributed by atoms with van der Waals surface area (Å²) in [6, 6.07) is 6.50. The number of hydrogen-bond acceptors (Lipinski definition) is 3. The summed E-state index contributed by atoms with van der Waals surface area (Å²) in [5.41, 5.74) is 7.56. The first-order chi connectivity index (χ1) is 8.99. The zero-order chi connectivity index (χ0) is 14.0. The lowest BCUT2D eigenvalue weighted by molar-refractivity contribution is 0.209. The zero-order valence-corrected chi connectivity index (χ0v) is 13.1. The molecule has 1 aliphatic rings. The molecule has 3 N–H and O–H groups in total. The van der Waals surface area contributed by atoms with E-state index in [4.69, 9.17) is 11.1 Å². The van der Waals surface area contributed by atoms with Gasteiger partial charge in [0.15, 0.2) is 0 Å². The zero-order valence-electron chi connectivity index (χ0n) is 11.5. The second-order valence-corrected chi connectivity index (χ2v) is 6.11. The van der Waals surface area contributed by atoms with Gasteiger partial charge in [-0.1, -0.05) is 15.9 Å². The fraction of sp³-hybridized carbons (Fsp3) is 0.500. The van der Waals surface area contributed by atoms with E-state index in [2.05, 4.69) is 45.6 Å². The number of nitrogens with zero attached hydrogens (tertiary/aromatic N) is 2. The Hall–Kier alpha value is -1.07. The molecule has 1 aromatic carbocycles. The van der Waals surface area contributed by atoms with E-state index in [9.17, 15) is 0 Å². The number of benzene rings is 1. The highest BCUT2D eigenvalue weighted by atomic mass is 79.9. The lowest BCUT2D eigenvalue weighted by Gasteiger charge is -2.38. The summed E-state index contributed by atoms with van der Waals surface area (Å²) in [5, 5.41) is 7.70. The minimum Gasteiger partial charge on any atom is -0.384 e. The maximum Gasteiger partial charge on any atom is 0.124 e. The summed E-state index contributed by atoms with van der Waals surface area (Å²) in [5.74, 6) is 0.133. The Bertz CT molecular complexity index is 465. The minimum atomic E-state index is 0.133. The standard InChI is InChI=1S/C14H21BrN4/c1-10(2)18-5-7-19(8-6-18)13-9-11(15)3-4-12(13)14(16)17/h3-4,9-10H,5-8H2,1-2H3,(H3,16,17). The molecule has 4 nitrogen and oxygen atoms in total. The molecule has 0 spiro atoms. The van der Waals surface area contributed by atoms with Gasteiger partial charge in [-0.05, 0) is 32.0 Å². The van der Waals surface area contributed by atoms with Crippen molar-refractivity contribution in [2.75, 3.05) is 31.1 Å². The van der Waals surface area contributed by atoms with Gasteiger partial charge in [0.25, 0.3) is 0 Å². The largest absolute Gasteiger partial charge is 0.384 e. The lowest BCUT2D eigenvalue weighted by atomic mass is 10.1. The first kappa shape index (κ1) is 14.3. The van der Waals surface area contributed by atoms with Crippen molar-refractivity contribution < 1.29 is 0 Å². The van der Waals surface area contributed by atoms with Crippen LogP contribution in [0.15, 0.2) is 22.7 Å². The summed E-state index contributed by atoms with van der Waals surface area (Å²) in [4.78, 5) is 4.79. The van der Waals surface area contributed by atoms with Crippen molar-refractivity contribution >= 4 is 27.5 Å². The topological polar surface area (TPSA) is 56.4 Å². The number of anilines is 1. The third-order valence-corrected chi connectivity index (χ3v) is 4.13. The van der Waals surface area contributed by atoms with Crippen LogP contribution in [-0.2, 0) is 0 Å². The van der Waals surface area contributed by atoms with Crippen LogP contribution in [-0.4, -0.2) is 43.0 Å². The summed E-state index contributed by atoms with van der Waals surface area (Å²) in [6.45, 7) is 8.54. The Morgan fingerprint density at radius 1 is 1.26 bits per heavy atom. The Kier molecular flexibility index (Phi) is 4.47.